The van der Waals surface area contributed by atoms with Gasteiger partial charge in [0.25, 0.3) is 0 Å². The zero-order valence-corrected chi connectivity index (χ0v) is 10.6. The fraction of sp³-hybridized carbons (Fsp3) is 0.429. The summed E-state index contributed by atoms with van der Waals surface area (Å²) in [7, 11) is 1.99. The molecule has 1 aromatic carbocycles. The van der Waals surface area contributed by atoms with Gasteiger partial charge in [0.05, 0.1) is 24.3 Å². The van der Waals surface area contributed by atoms with E-state index < -0.39 is 0 Å². The molecule has 1 rings (SSSR count). The molecule has 4 heteroatoms. The van der Waals surface area contributed by atoms with Crippen LogP contribution in [0.1, 0.15) is 18.4 Å². The summed E-state index contributed by atoms with van der Waals surface area (Å²) in [6, 6.07) is 11.4. The highest BCUT2D eigenvalue weighted by molar-refractivity contribution is 5.36. The lowest BCUT2D eigenvalue weighted by molar-refractivity contribution is 0.265. The minimum absolute atomic E-state index is 0.557. The van der Waals surface area contributed by atoms with Crippen molar-refractivity contribution < 1.29 is 4.74 Å². The van der Waals surface area contributed by atoms with E-state index >= 15 is 0 Å². The molecule has 0 fully saturated rings. The number of rotatable bonds is 7. The Morgan fingerprint density at radius 3 is 2.83 bits per heavy atom. The summed E-state index contributed by atoms with van der Waals surface area (Å²) in [5.74, 6) is 0.730. The third-order valence-corrected chi connectivity index (χ3v) is 2.52. The predicted octanol–water partition coefficient (Wildman–Crippen LogP) is 2.17. The van der Waals surface area contributed by atoms with Crippen LogP contribution in [0, 0.1) is 22.7 Å². The lowest BCUT2D eigenvalue weighted by atomic mass is 10.2. The average molecular weight is 243 g/mol. The molecule has 0 unspecified atom stereocenters. The van der Waals surface area contributed by atoms with Crippen molar-refractivity contribution in [2.24, 2.45) is 0 Å². The van der Waals surface area contributed by atoms with E-state index in [0.717, 1.165) is 25.3 Å². The second-order valence-electron chi connectivity index (χ2n) is 4.05. The molecule has 0 aliphatic rings. The fourth-order valence-corrected chi connectivity index (χ4v) is 1.53. The van der Waals surface area contributed by atoms with Gasteiger partial charge in [0.1, 0.15) is 5.75 Å². The predicted molar refractivity (Wildman–Crippen MR) is 69.0 cm³/mol. The van der Waals surface area contributed by atoms with Crippen LogP contribution in [-0.4, -0.2) is 31.6 Å². The zero-order valence-electron chi connectivity index (χ0n) is 10.6. The zero-order chi connectivity index (χ0) is 13.2. The summed E-state index contributed by atoms with van der Waals surface area (Å²) in [6.45, 7) is 2.31. The van der Waals surface area contributed by atoms with Crippen molar-refractivity contribution >= 4 is 0 Å². The van der Waals surface area contributed by atoms with E-state index in [1.807, 2.05) is 19.2 Å². The van der Waals surface area contributed by atoms with Crippen molar-refractivity contribution in [3.63, 3.8) is 0 Å². The summed E-state index contributed by atoms with van der Waals surface area (Å²) in [5.41, 5.74) is 0.610. The molecule has 0 heterocycles. The molecule has 4 nitrogen and oxygen atoms in total. The van der Waals surface area contributed by atoms with Crippen LogP contribution in [0.5, 0.6) is 5.75 Å². The number of hydrogen-bond donors (Lipinski definition) is 0. The van der Waals surface area contributed by atoms with Gasteiger partial charge in [0.15, 0.2) is 0 Å². The molecule has 1 aromatic rings. The molecule has 0 atom stereocenters. The first-order valence-electron chi connectivity index (χ1n) is 5.94. The first-order chi connectivity index (χ1) is 8.76. The van der Waals surface area contributed by atoms with Gasteiger partial charge in [-0.1, -0.05) is 6.07 Å². The van der Waals surface area contributed by atoms with Crippen LogP contribution in [0.2, 0.25) is 0 Å². The van der Waals surface area contributed by atoms with E-state index in [1.165, 1.54) is 0 Å². The van der Waals surface area contributed by atoms with Crippen LogP contribution < -0.4 is 4.74 Å². The molecule has 0 saturated heterocycles. The molecule has 94 valence electrons. The molecule has 0 aliphatic heterocycles. The summed E-state index contributed by atoms with van der Waals surface area (Å²) in [5, 5.41) is 17.2. The molecule has 0 spiro atoms. The Hall–Kier alpha value is -2.04. The Morgan fingerprint density at radius 2 is 2.11 bits per heavy atom. The van der Waals surface area contributed by atoms with Gasteiger partial charge < -0.3 is 9.64 Å². The monoisotopic (exact) mass is 243 g/mol. The van der Waals surface area contributed by atoms with Crippen LogP contribution >= 0.6 is 0 Å². The van der Waals surface area contributed by atoms with Crippen molar-refractivity contribution in [3.8, 4) is 17.9 Å². The van der Waals surface area contributed by atoms with Crippen LogP contribution in [-0.2, 0) is 0 Å². The van der Waals surface area contributed by atoms with E-state index in [2.05, 4.69) is 17.0 Å². The van der Waals surface area contributed by atoms with Crippen LogP contribution in [0.4, 0.5) is 0 Å². The molecule has 0 saturated carbocycles. The first-order valence-corrected chi connectivity index (χ1v) is 5.94. The van der Waals surface area contributed by atoms with Gasteiger partial charge in [-0.25, -0.2) is 0 Å². The van der Waals surface area contributed by atoms with Crippen molar-refractivity contribution in [3.05, 3.63) is 29.8 Å². The number of ether oxygens (including phenoxy) is 1. The highest BCUT2D eigenvalue weighted by Gasteiger charge is 1.99. The van der Waals surface area contributed by atoms with E-state index in [0.29, 0.717) is 18.6 Å². The molecular weight excluding hydrogens is 226 g/mol. The summed E-state index contributed by atoms with van der Waals surface area (Å²) >= 11 is 0. The van der Waals surface area contributed by atoms with Gasteiger partial charge in [-0.2, -0.15) is 10.5 Å². The van der Waals surface area contributed by atoms with Crippen molar-refractivity contribution in [2.75, 3.05) is 26.7 Å². The minimum Gasteiger partial charge on any atom is -0.494 e. The molecule has 0 radical (unpaired) electrons. The lowest BCUT2D eigenvalue weighted by Gasteiger charge is -2.14. The quantitative estimate of drug-likeness (QED) is 0.689. The average Bonchev–Trinajstić information content (AvgIpc) is 2.41. The largest absolute Gasteiger partial charge is 0.494 e. The van der Waals surface area contributed by atoms with Crippen molar-refractivity contribution in [1.29, 1.82) is 10.5 Å². The highest BCUT2D eigenvalue weighted by Crippen LogP contribution is 2.12. The Morgan fingerprint density at radius 1 is 1.28 bits per heavy atom. The normalized spacial score (nSPS) is 9.78. The first kappa shape index (κ1) is 14.0. The summed E-state index contributed by atoms with van der Waals surface area (Å²) < 4.78 is 5.56. The van der Waals surface area contributed by atoms with E-state index in [1.54, 1.807) is 12.1 Å². The van der Waals surface area contributed by atoms with Crippen LogP contribution in [0.15, 0.2) is 24.3 Å². The third-order valence-electron chi connectivity index (χ3n) is 2.52. The van der Waals surface area contributed by atoms with E-state index in [-0.39, 0.29) is 0 Å². The van der Waals surface area contributed by atoms with E-state index in [4.69, 9.17) is 15.3 Å². The minimum atomic E-state index is 0.557. The van der Waals surface area contributed by atoms with Gasteiger partial charge in [-0.3, -0.25) is 0 Å². The molecular formula is C14H17N3O. The molecule has 0 aromatic heterocycles. The summed E-state index contributed by atoms with van der Waals surface area (Å²) in [6.07, 6.45) is 1.46. The van der Waals surface area contributed by atoms with Crippen molar-refractivity contribution in [1.82, 2.24) is 4.90 Å². The molecule has 0 N–H and O–H groups in total. The number of benzene rings is 1. The number of nitrogens with zero attached hydrogens (tertiary/aromatic N) is 3. The summed E-state index contributed by atoms with van der Waals surface area (Å²) in [4.78, 5) is 2.11. The van der Waals surface area contributed by atoms with Gasteiger partial charge >= 0.3 is 0 Å². The smallest absolute Gasteiger partial charge is 0.120 e. The Balaban J connectivity index is 2.22. The van der Waals surface area contributed by atoms with Gasteiger partial charge in [0, 0.05) is 19.5 Å². The maximum absolute atomic E-state index is 8.75. The maximum Gasteiger partial charge on any atom is 0.120 e. The molecule has 0 bridgehead atoms. The highest BCUT2D eigenvalue weighted by atomic mass is 16.5. The maximum atomic E-state index is 8.75. The Labute approximate surface area is 108 Å². The molecule has 0 aliphatic carbocycles. The standard InChI is InChI=1S/C14H17N3O/c1-17(8-3-7-15)9-4-10-18-14-6-2-5-13(11-14)12-16/h2,5-6,11H,3-4,8-10H2,1H3. The lowest BCUT2D eigenvalue weighted by Crippen LogP contribution is -2.22. The van der Waals surface area contributed by atoms with Gasteiger partial charge in [-0.05, 0) is 31.7 Å². The topological polar surface area (TPSA) is 60.1 Å². The fourth-order valence-electron chi connectivity index (χ4n) is 1.53. The number of nitriles is 2. The number of hydrogen-bond acceptors (Lipinski definition) is 4. The van der Waals surface area contributed by atoms with Crippen molar-refractivity contribution in [2.45, 2.75) is 12.8 Å². The van der Waals surface area contributed by atoms with Crippen LogP contribution in [0.3, 0.4) is 0 Å². The van der Waals surface area contributed by atoms with Gasteiger partial charge in [0.2, 0.25) is 0 Å². The van der Waals surface area contributed by atoms with E-state index in [9.17, 15) is 0 Å². The van der Waals surface area contributed by atoms with Gasteiger partial charge in [-0.15, -0.1) is 0 Å². The second-order valence-corrected chi connectivity index (χ2v) is 4.05. The second kappa shape index (κ2) is 8.11. The Kier molecular flexibility index (Phi) is 6.32. The molecule has 18 heavy (non-hydrogen) atoms. The van der Waals surface area contributed by atoms with Crippen LogP contribution in [0.25, 0.3) is 0 Å². The SMILES string of the molecule is CN(CCC#N)CCCOc1cccc(C#N)c1. The Bertz CT molecular complexity index is 445. The molecule has 0 amide bonds. The third kappa shape index (κ3) is 5.34.